The van der Waals surface area contributed by atoms with E-state index in [4.69, 9.17) is 9.47 Å². The van der Waals surface area contributed by atoms with Crippen molar-refractivity contribution in [3.05, 3.63) is 53.2 Å². The lowest BCUT2D eigenvalue weighted by molar-refractivity contribution is -0.115. The van der Waals surface area contributed by atoms with E-state index in [1.54, 1.807) is 6.20 Å². The Bertz CT molecular complexity index is 988. The maximum absolute atomic E-state index is 12.6. The highest BCUT2D eigenvalue weighted by atomic mass is 32.1. The standard InChI is InChI=1S/C21H21N3O3S/c1-3-26-19-9-14-8-13(2)27-18(14)11-17(19)24-20(25)10-15-12-28-21(23-15)16-6-4-5-7-22-16/h4-7,9,11-13H,3,8,10H2,1-2H3,(H,24,25)/t13-/m0/s1. The van der Waals surface area contributed by atoms with Crippen molar-refractivity contribution in [1.29, 1.82) is 0 Å². The summed E-state index contributed by atoms with van der Waals surface area (Å²) in [5, 5.41) is 5.64. The van der Waals surface area contributed by atoms with Gasteiger partial charge in [-0.15, -0.1) is 11.3 Å². The van der Waals surface area contributed by atoms with Crippen molar-refractivity contribution >= 4 is 22.9 Å². The molecule has 1 aromatic carbocycles. The second-order valence-corrected chi connectivity index (χ2v) is 7.46. The van der Waals surface area contributed by atoms with Gasteiger partial charge in [-0.25, -0.2) is 4.98 Å². The van der Waals surface area contributed by atoms with Crippen LogP contribution in [-0.4, -0.2) is 28.6 Å². The summed E-state index contributed by atoms with van der Waals surface area (Å²) >= 11 is 1.48. The molecule has 1 N–H and O–H groups in total. The molecule has 0 unspecified atom stereocenters. The molecule has 3 aromatic rings. The molecule has 0 saturated carbocycles. The highest BCUT2D eigenvalue weighted by Crippen LogP contribution is 2.38. The van der Waals surface area contributed by atoms with Crippen molar-refractivity contribution in [3.63, 3.8) is 0 Å². The van der Waals surface area contributed by atoms with Crippen LogP contribution in [0, 0.1) is 0 Å². The number of carbonyl (C=O) groups is 1. The molecule has 28 heavy (non-hydrogen) atoms. The second-order valence-electron chi connectivity index (χ2n) is 6.61. The van der Waals surface area contributed by atoms with Gasteiger partial charge in [-0.1, -0.05) is 6.07 Å². The number of hydrogen-bond acceptors (Lipinski definition) is 6. The Morgan fingerprint density at radius 2 is 2.29 bits per heavy atom. The van der Waals surface area contributed by atoms with Crippen molar-refractivity contribution < 1.29 is 14.3 Å². The van der Waals surface area contributed by atoms with Gasteiger partial charge in [-0.05, 0) is 32.0 Å². The van der Waals surface area contributed by atoms with Crippen LogP contribution >= 0.6 is 11.3 Å². The van der Waals surface area contributed by atoms with Gasteiger partial charge in [0.1, 0.15) is 22.6 Å². The number of pyridine rings is 1. The fraction of sp³-hybridized carbons (Fsp3) is 0.286. The summed E-state index contributed by atoms with van der Waals surface area (Å²) in [5.41, 5.74) is 3.25. The van der Waals surface area contributed by atoms with Crippen LogP contribution in [0.1, 0.15) is 25.1 Å². The van der Waals surface area contributed by atoms with Gasteiger partial charge in [0.25, 0.3) is 0 Å². The number of nitrogens with zero attached hydrogens (tertiary/aromatic N) is 2. The normalized spacial score (nSPS) is 15.0. The van der Waals surface area contributed by atoms with Crippen LogP contribution in [-0.2, 0) is 17.6 Å². The molecule has 0 spiro atoms. The van der Waals surface area contributed by atoms with Crippen LogP contribution in [0.5, 0.6) is 11.5 Å². The molecule has 7 heteroatoms. The first-order valence-electron chi connectivity index (χ1n) is 9.24. The third-order valence-corrected chi connectivity index (χ3v) is 5.26. The van der Waals surface area contributed by atoms with Crippen LogP contribution in [0.2, 0.25) is 0 Å². The molecule has 4 rings (SSSR count). The zero-order valence-corrected chi connectivity index (χ0v) is 16.6. The van der Waals surface area contributed by atoms with Gasteiger partial charge >= 0.3 is 0 Å². The summed E-state index contributed by atoms with van der Waals surface area (Å²) in [5.74, 6) is 1.32. The Labute approximate surface area is 167 Å². The third-order valence-electron chi connectivity index (χ3n) is 4.35. The summed E-state index contributed by atoms with van der Waals surface area (Å²) < 4.78 is 11.5. The maximum atomic E-state index is 12.6. The molecule has 1 atom stereocenters. The van der Waals surface area contributed by atoms with E-state index in [1.165, 1.54) is 11.3 Å². The van der Waals surface area contributed by atoms with E-state index < -0.39 is 0 Å². The molecule has 1 aliphatic rings. The smallest absolute Gasteiger partial charge is 0.230 e. The average molecular weight is 395 g/mol. The van der Waals surface area contributed by atoms with Gasteiger partial charge in [-0.2, -0.15) is 0 Å². The lowest BCUT2D eigenvalue weighted by Gasteiger charge is -2.13. The number of rotatable bonds is 6. The number of fused-ring (bicyclic) bond motifs is 1. The minimum Gasteiger partial charge on any atom is -0.492 e. The second kappa shape index (κ2) is 7.98. The Balaban J connectivity index is 1.48. The highest BCUT2D eigenvalue weighted by molar-refractivity contribution is 7.13. The van der Waals surface area contributed by atoms with E-state index in [0.29, 0.717) is 23.7 Å². The molecule has 0 fully saturated rings. The minimum atomic E-state index is -0.148. The lowest BCUT2D eigenvalue weighted by Crippen LogP contribution is -2.15. The van der Waals surface area contributed by atoms with Crippen molar-refractivity contribution in [2.24, 2.45) is 0 Å². The molecule has 2 aromatic heterocycles. The topological polar surface area (TPSA) is 73.3 Å². The van der Waals surface area contributed by atoms with Gasteiger partial charge < -0.3 is 14.8 Å². The number of thiazole rings is 1. The summed E-state index contributed by atoms with van der Waals surface area (Å²) in [7, 11) is 0. The number of ether oxygens (including phenoxy) is 2. The van der Waals surface area contributed by atoms with Gasteiger partial charge in [-0.3, -0.25) is 9.78 Å². The first-order valence-corrected chi connectivity index (χ1v) is 10.1. The third kappa shape index (κ3) is 3.99. The predicted molar refractivity (Wildman–Crippen MR) is 109 cm³/mol. The molecule has 0 bridgehead atoms. The van der Waals surface area contributed by atoms with E-state index in [2.05, 4.69) is 15.3 Å². The first-order chi connectivity index (χ1) is 13.6. The van der Waals surface area contributed by atoms with E-state index in [9.17, 15) is 4.79 Å². The lowest BCUT2D eigenvalue weighted by atomic mass is 10.1. The number of aromatic nitrogens is 2. The van der Waals surface area contributed by atoms with Crippen LogP contribution in [0.15, 0.2) is 41.9 Å². The van der Waals surface area contributed by atoms with Gasteiger partial charge in [0, 0.05) is 29.6 Å². The van der Waals surface area contributed by atoms with Crippen LogP contribution < -0.4 is 14.8 Å². The van der Waals surface area contributed by atoms with Gasteiger partial charge in [0.05, 0.1) is 30.1 Å². The molecule has 0 radical (unpaired) electrons. The van der Waals surface area contributed by atoms with Crippen molar-refractivity contribution in [3.8, 4) is 22.2 Å². The predicted octanol–water partition coefficient (Wildman–Crippen LogP) is 4.11. The van der Waals surface area contributed by atoms with Crippen LogP contribution in [0.4, 0.5) is 5.69 Å². The van der Waals surface area contributed by atoms with Crippen LogP contribution in [0.25, 0.3) is 10.7 Å². The van der Waals surface area contributed by atoms with Crippen molar-refractivity contribution in [2.45, 2.75) is 32.8 Å². The number of anilines is 1. The fourth-order valence-electron chi connectivity index (χ4n) is 3.17. The van der Waals surface area contributed by atoms with E-state index in [1.807, 2.05) is 49.6 Å². The Morgan fingerprint density at radius 3 is 3.07 bits per heavy atom. The van der Waals surface area contributed by atoms with Crippen molar-refractivity contribution in [1.82, 2.24) is 9.97 Å². The van der Waals surface area contributed by atoms with E-state index >= 15 is 0 Å². The SMILES string of the molecule is CCOc1cc2c(cc1NC(=O)Cc1csc(-c3ccccn3)n1)O[C@@H](C)C2. The molecule has 0 aliphatic carbocycles. The number of nitrogens with one attached hydrogen (secondary N) is 1. The number of carbonyl (C=O) groups excluding carboxylic acids is 1. The zero-order valence-electron chi connectivity index (χ0n) is 15.8. The highest BCUT2D eigenvalue weighted by Gasteiger charge is 2.22. The monoisotopic (exact) mass is 395 g/mol. The molecule has 1 amide bonds. The zero-order chi connectivity index (χ0) is 19.5. The molecule has 1 aliphatic heterocycles. The molecule has 0 saturated heterocycles. The van der Waals surface area contributed by atoms with E-state index in [0.717, 1.165) is 28.4 Å². The molecule has 6 nitrogen and oxygen atoms in total. The first kappa shape index (κ1) is 18.4. The molecular weight excluding hydrogens is 374 g/mol. The largest absolute Gasteiger partial charge is 0.492 e. The quantitative estimate of drug-likeness (QED) is 0.680. The summed E-state index contributed by atoms with van der Waals surface area (Å²) in [4.78, 5) is 21.4. The average Bonchev–Trinajstić information content (AvgIpc) is 3.28. The van der Waals surface area contributed by atoms with Crippen LogP contribution in [0.3, 0.4) is 0 Å². The Morgan fingerprint density at radius 1 is 1.39 bits per heavy atom. The summed E-state index contributed by atoms with van der Waals surface area (Å²) in [6.45, 7) is 4.48. The summed E-state index contributed by atoms with van der Waals surface area (Å²) in [6.07, 6.45) is 2.90. The summed E-state index contributed by atoms with van der Waals surface area (Å²) in [6, 6.07) is 9.50. The molecule has 3 heterocycles. The fourth-order valence-corrected chi connectivity index (χ4v) is 3.96. The minimum absolute atomic E-state index is 0.135. The molecule has 144 valence electrons. The Hall–Kier alpha value is -2.93. The maximum Gasteiger partial charge on any atom is 0.230 e. The van der Waals surface area contributed by atoms with Gasteiger partial charge in [0.2, 0.25) is 5.91 Å². The number of benzene rings is 1. The number of amides is 1. The van der Waals surface area contributed by atoms with Crippen molar-refractivity contribution in [2.75, 3.05) is 11.9 Å². The molecular formula is C21H21N3O3S. The number of hydrogen-bond donors (Lipinski definition) is 1. The van der Waals surface area contributed by atoms with Gasteiger partial charge in [0.15, 0.2) is 0 Å². The van der Waals surface area contributed by atoms with E-state index in [-0.39, 0.29) is 18.4 Å². The Kier molecular flexibility index (Phi) is 5.25.